The van der Waals surface area contributed by atoms with Gasteiger partial charge in [-0.1, -0.05) is 72.8 Å². The lowest BCUT2D eigenvalue weighted by atomic mass is 9.73. The fraction of sp³-hybridized carbons (Fsp3) is 0.296. The van der Waals surface area contributed by atoms with Crippen LogP contribution in [0.15, 0.2) is 83.9 Å². The number of hydrogen-bond acceptors (Lipinski definition) is 3. The van der Waals surface area contributed by atoms with Crippen molar-refractivity contribution >= 4 is 5.84 Å². The molecule has 152 valence electrons. The smallest absolute Gasteiger partial charge is 0.0997 e. The van der Waals surface area contributed by atoms with Crippen molar-refractivity contribution in [2.75, 3.05) is 13.1 Å². The fourth-order valence-corrected chi connectivity index (χ4v) is 5.00. The SMILES string of the molecule is O[C@@]1(c2ccc(-c3ccccc3)c(-c3ccccc3)c2)CCCC(C2=NCCN2)C1. The van der Waals surface area contributed by atoms with E-state index >= 15 is 0 Å². The van der Waals surface area contributed by atoms with Gasteiger partial charge in [0.05, 0.1) is 18.0 Å². The van der Waals surface area contributed by atoms with Crippen LogP contribution in [0.4, 0.5) is 0 Å². The normalized spacial score (nSPS) is 23.6. The van der Waals surface area contributed by atoms with Crippen LogP contribution < -0.4 is 5.32 Å². The number of aliphatic hydroxyl groups is 1. The van der Waals surface area contributed by atoms with Gasteiger partial charge in [-0.2, -0.15) is 0 Å². The molecule has 3 aromatic rings. The van der Waals surface area contributed by atoms with E-state index in [1.807, 2.05) is 12.1 Å². The highest BCUT2D eigenvalue weighted by atomic mass is 16.3. The molecule has 5 rings (SSSR count). The van der Waals surface area contributed by atoms with Gasteiger partial charge >= 0.3 is 0 Å². The molecule has 0 saturated heterocycles. The Morgan fingerprint density at radius 3 is 2.23 bits per heavy atom. The summed E-state index contributed by atoms with van der Waals surface area (Å²) in [6.07, 6.45) is 3.65. The molecule has 3 nitrogen and oxygen atoms in total. The monoisotopic (exact) mass is 396 g/mol. The average Bonchev–Trinajstić information content (AvgIpc) is 3.35. The third-order valence-electron chi connectivity index (χ3n) is 6.54. The van der Waals surface area contributed by atoms with Crippen LogP contribution in [-0.2, 0) is 5.60 Å². The molecule has 1 aliphatic heterocycles. The van der Waals surface area contributed by atoms with Crippen molar-refractivity contribution in [1.82, 2.24) is 5.32 Å². The zero-order valence-electron chi connectivity index (χ0n) is 17.2. The maximum atomic E-state index is 11.7. The van der Waals surface area contributed by atoms with E-state index in [-0.39, 0.29) is 0 Å². The molecule has 30 heavy (non-hydrogen) atoms. The van der Waals surface area contributed by atoms with Crippen LogP contribution in [0.5, 0.6) is 0 Å². The van der Waals surface area contributed by atoms with Crippen LogP contribution in [0.1, 0.15) is 31.2 Å². The second kappa shape index (κ2) is 8.08. The fourth-order valence-electron chi connectivity index (χ4n) is 5.00. The maximum absolute atomic E-state index is 11.7. The van der Waals surface area contributed by atoms with E-state index in [9.17, 15) is 5.11 Å². The largest absolute Gasteiger partial charge is 0.385 e. The molecule has 0 bridgehead atoms. The molecule has 2 aliphatic rings. The van der Waals surface area contributed by atoms with Gasteiger partial charge in [-0.3, -0.25) is 4.99 Å². The molecular formula is C27H28N2O. The van der Waals surface area contributed by atoms with Crippen molar-refractivity contribution < 1.29 is 5.11 Å². The first kappa shape index (κ1) is 19.1. The van der Waals surface area contributed by atoms with Gasteiger partial charge in [-0.25, -0.2) is 0 Å². The van der Waals surface area contributed by atoms with Crippen LogP contribution in [-0.4, -0.2) is 24.0 Å². The molecule has 1 saturated carbocycles. The van der Waals surface area contributed by atoms with Gasteiger partial charge in [-0.15, -0.1) is 0 Å². The van der Waals surface area contributed by atoms with Gasteiger partial charge in [0.2, 0.25) is 0 Å². The minimum absolute atomic E-state index is 0.320. The van der Waals surface area contributed by atoms with Gasteiger partial charge in [0.25, 0.3) is 0 Å². The molecule has 0 radical (unpaired) electrons. The second-order valence-electron chi connectivity index (χ2n) is 8.51. The Morgan fingerprint density at radius 2 is 1.57 bits per heavy atom. The average molecular weight is 397 g/mol. The van der Waals surface area contributed by atoms with Crippen molar-refractivity contribution in [2.45, 2.75) is 31.3 Å². The highest BCUT2D eigenvalue weighted by molar-refractivity contribution is 5.86. The number of amidine groups is 1. The molecule has 3 heteroatoms. The van der Waals surface area contributed by atoms with E-state index in [1.165, 1.54) is 22.3 Å². The Hall–Kier alpha value is -2.91. The Morgan fingerprint density at radius 1 is 0.867 bits per heavy atom. The van der Waals surface area contributed by atoms with Crippen LogP contribution in [0.25, 0.3) is 22.3 Å². The van der Waals surface area contributed by atoms with Crippen molar-refractivity contribution in [3.05, 3.63) is 84.4 Å². The summed E-state index contributed by atoms with van der Waals surface area (Å²) in [6, 6.07) is 27.5. The number of hydrogen-bond donors (Lipinski definition) is 2. The Balaban J connectivity index is 1.56. The van der Waals surface area contributed by atoms with E-state index in [1.54, 1.807) is 0 Å². The van der Waals surface area contributed by atoms with Gasteiger partial charge in [0, 0.05) is 12.5 Å². The van der Waals surface area contributed by atoms with Crippen LogP contribution in [0.2, 0.25) is 0 Å². The van der Waals surface area contributed by atoms with Crippen LogP contribution in [0.3, 0.4) is 0 Å². The molecule has 1 heterocycles. The number of nitrogens with zero attached hydrogens (tertiary/aromatic N) is 1. The Labute approximate surface area is 178 Å². The van der Waals surface area contributed by atoms with E-state index < -0.39 is 5.60 Å². The summed E-state index contributed by atoms with van der Waals surface area (Å²) >= 11 is 0. The van der Waals surface area contributed by atoms with Crippen LogP contribution in [0, 0.1) is 5.92 Å². The third kappa shape index (κ3) is 3.66. The molecule has 0 spiro atoms. The van der Waals surface area contributed by atoms with Crippen molar-refractivity contribution in [3.8, 4) is 22.3 Å². The molecule has 2 N–H and O–H groups in total. The zero-order chi connectivity index (χ0) is 20.4. The molecule has 0 aromatic heterocycles. The number of aliphatic imine (C=N–C) groups is 1. The molecular weight excluding hydrogens is 368 g/mol. The van der Waals surface area contributed by atoms with E-state index in [0.29, 0.717) is 5.92 Å². The highest BCUT2D eigenvalue weighted by Crippen LogP contribution is 2.43. The van der Waals surface area contributed by atoms with Crippen molar-refractivity contribution in [2.24, 2.45) is 10.9 Å². The summed E-state index contributed by atoms with van der Waals surface area (Å²) < 4.78 is 0. The maximum Gasteiger partial charge on any atom is 0.0997 e. The number of benzene rings is 3. The van der Waals surface area contributed by atoms with E-state index in [4.69, 9.17) is 0 Å². The standard InChI is InChI=1S/C27H28N2O/c30-27(15-7-12-22(19-27)26-28-16-17-29-26)23-13-14-24(20-8-3-1-4-9-20)25(18-23)21-10-5-2-6-11-21/h1-6,8-11,13-14,18,22,30H,7,12,15-17,19H2,(H,28,29)/t22?,27-/m0/s1. The van der Waals surface area contributed by atoms with E-state index in [2.05, 4.69) is 77.0 Å². The lowest BCUT2D eigenvalue weighted by molar-refractivity contribution is -0.0107. The first-order valence-corrected chi connectivity index (χ1v) is 11.0. The summed E-state index contributed by atoms with van der Waals surface area (Å²) in [7, 11) is 0. The summed E-state index contributed by atoms with van der Waals surface area (Å²) in [5, 5.41) is 15.1. The number of nitrogens with one attached hydrogen (secondary N) is 1. The van der Waals surface area contributed by atoms with Gasteiger partial charge < -0.3 is 10.4 Å². The molecule has 3 aromatic carbocycles. The Kier molecular flexibility index (Phi) is 5.14. The quantitative estimate of drug-likeness (QED) is 0.620. The minimum atomic E-state index is -0.811. The molecule has 1 fully saturated rings. The van der Waals surface area contributed by atoms with Crippen molar-refractivity contribution in [3.63, 3.8) is 0 Å². The number of rotatable bonds is 4. The first-order chi connectivity index (χ1) is 14.7. The van der Waals surface area contributed by atoms with Crippen LogP contribution >= 0.6 is 0 Å². The third-order valence-corrected chi connectivity index (χ3v) is 6.54. The minimum Gasteiger partial charge on any atom is -0.385 e. The molecule has 2 atom stereocenters. The van der Waals surface area contributed by atoms with Crippen molar-refractivity contribution in [1.29, 1.82) is 0 Å². The van der Waals surface area contributed by atoms with E-state index in [0.717, 1.165) is 50.2 Å². The lowest BCUT2D eigenvalue weighted by Crippen LogP contribution is -2.38. The van der Waals surface area contributed by atoms with Gasteiger partial charge in [0.1, 0.15) is 0 Å². The predicted molar refractivity (Wildman–Crippen MR) is 123 cm³/mol. The highest BCUT2D eigenvalue weighted by Gasteiger charge is 2.38. The summed E-state index contributed by atoms with van der Waals surface area (Å²) in [6.45, 7) is 1.78. The second-order valence-corrected chi connectivity index (χ2v) is 8.51. The summed E-state index contributed by atoms with van der Waals surface area (Å²) in [5.74, 6) is 1.41. The summed E-state index contributed by atoms with van der Waals surface area (Å²) in [5.41, 5.74) is 4.95. The van der Waals surface area contributed by atoms with Gasteiger partial charge in [-0.05, 0) is 59.6 Å². The lowest BCUT2D eigenvalue weighted by Gasteiger charge is -2.37. The zero-order valence-corrected chi connectivity index (χ0v) is 17.2. The molecule has 1 unspecified atom stereocenters. The molecule has 1 aliphatic carbocycles. The predicted octanol–water partition coefficient (Wildman–Crippen LogP) is 5.40. The summed E-state index contributed by atoms with van der Waals surface area (Å²) in [4.78, 5) is 4.63. The van der Waals surface area contributed by atoms with Gasteiger partial charge in [0.15, 0.2) is 0 Å². The topological polar surface area (TPSA) is 44.6 Å². The first-order valence-electron chi connectivity index (χ1n) is 11.0. The Bertz CT molecular complexity index is 1040. The molecule has 0 amide bonds.